The molecular weight excluding hydrogens is 271 g/mol. The molecule has 0 aliphatic carbocycles. The number of ether oxygens (including phenoxy) is 1. The number of rotatable bonds is 3. The van der Waals surface area contributed by atoms with Crippen molar-refractivity contribution in [2.24, 2.45) is 0 Å². The first-order valence-corrected chi connectivity index (χ1v) is 6.02. The van der Waals surface area contributed by atoms with E-state index in [1.807, 2.05) is 0 Å². The van der Waals surface area contributed by atoms with Crippen LogP contribution in [0.25, 0.3) is 0 Å². The Hall–Kier alpha value is -1.51. The van der Waals surface area contributed by atoms with E-state index in [-0.39, 0.29) is 5.78 Å². The van der Waals surface area contributed by atoms with Crippen LogP contribution < -0.4 is 4.74 Å². The van der Waals surface area contributed by atoms with Crippen LogP contribution in [0, 0.1) is 0 Å². The van der Waals surface area contributed by atoms with Gasteiger partial charge in [0.05, 0.1) is 17.2 Å². The molecule has 2 aromatic rings. The fraction of sp³-hybridized carbons (Fsp3) is 0.0714. The Morgan fingerprint density at radius 2 is 1.67 bits per heavy atom. The third-order valence-corrected chi connectivity index (χ3v) is 3.18. The maximum Gasteiger partial charge on any atom is 0.196 e. The minimum atomic E-state index is -0.201. The second kappa shape index (κ2) is 5.42. The fourth-order valence-corrected chi connectivity index (χ4v) is 2.08. The van der Waals surface area contributed by atoms with Gasteiger partial charge in [-0.05, 0) is 30.3 Å². The van der Waals surface area contributed by atoms with Crippen molar-refractivity contribution < 1.29 is 9.53 Å². The highest BCUT2D eigenvalue weighted by Crippen LogP contribution is 2.26. The zero-order valence-corrected chi connectivity index (χ0v) is 11.1. The van der Waals surface area contributed by atoms with Crippen LogP contribution in [-0.2, 0) is 0 Å². The summed E-state index contributed by atoms with van der Waals surface area (Å²) in [7, 11) is 1.54. The molecular formula is C14H10Cl2O2. The van der Waals surface area contributed by atoms with E-state index in [4.69, 9.17) is 27.9 Å². The zero-order valence-electron chi connectivity index (χ0n) is 9.61. The molecule has 0 N–H and O–H groups in total. The average molecular weight is 281 g/mol. The van der Waals surface area contributed by atoms with Crippen molar-refractivity contribution in [3.63, 3.8) is 0 Å². The van der Waals surface area contributed by atoms with Gasteiger partial charge in [-0.3, -0.25) is 4.79 Å². The normalized spacial score (nSPS) is 10.2. The summed E-state index contributed by atoms with van der Waals surface area (Å²) in [5.74, 6) is 0.406. The summed E-state index contributed by atoms with van der Waals surface area (Å²) in [6, 6.07) is 11.8. The van der Waals surface area contributed by atoms with Crippen molar-refractivity contribution in [3.05, 3.63) is 63.6 Å². The van der Waals surface area contributed by atoms with Crippen LogP contribution in [0.5, 0.6) is 5.75 Å². The Morgan fingerprint density at radius 3 is 2.28 bits per heavy atom. The highest BCUT2D eigenvalue weighted by Gasteiger charge is 2.15. The largest absolute Gasteiger partial charge is 0.497 e. The molecule has 0 aliphatic heterocycles. The molecule has 0 unspecified atom stereocenters. The first kappa shape index (κ1) is 12.9. The first-order chi connectivity index (χ1) is 8.63. The molecule has 4 heteroatoms. The van der Waals surface area contributed by atoms with Crippen LogP contribution in [0.2, 0.25) is 10.0 Å². The Balaban J connectivity index is 2.44. The Labute approximate surface area is 115 Å². The smallest absolute Gasteiger partial charge is 0.196 e. The molecule has 0 amide bonds. The van der Waals surface area contributed by atoms with Crippen LogP contribution in [0.1, 0.15) is 15.9 Å². The van der Waals surface area contributed by atoms with E-state index in [2.05, 4.69) is 0 Å². The lowest BCUT2D eigenvalue weighted by molar-refractivity contribution is 0.103. The first-order valence-electron chi connectivity index (χ1n) is 5.26. The molecule has 0 radical (unpaired) electrons. The summed E-state index contributed by atoms with van der Waals surface area (Å²) in [5.41, 5.74) is 0.844. The number of ketones is 1. The summed E-state index contributed by atoms with van der Waals surface area (Å²) in [4.78, 5) is 12.3. The van der Waals surface area contributed by atoms with Crippen LogP contribution in [0.3, 0.4) is 0 Å². The highest BCUT2D eigenvalue weighted by atomic mass is 35.5. The number of hydrogen-bond acceptors (Lipinski definition) is 2. The van der Waals surface area contributed by atoms with Crippen molar-refractivity contribution >= 4 is 29.0 Å². The van der Waals surface area contributed by atoms with E-state index >= 15 is 0 Å². The maximum absolute atomic E-state index is 12.3. The monoisotopic (exact) mass is 280 g/mol. The zero-order chi connectivity index (χ0) is 13.1. The summed E-state index contributed by atoms with van der Waals surface area (Å²) >= 11 is 12.1. The standard InChI is InChI=1S/C14H10Cl2O2/c1-18-9-6-7-11(13(16)8-9)14(17)10-4-2-3-5-12(10)15/h2-8H,1H3. The number of benzene rings is 2. The third-order valence-electron chi connectivity index (χ3n) is 2.54. The van der Waals surface area contributed by atoms with Crippen LogP contribution in [-0.4, -0.2) is 12.9 Å². The Bertz CT molecular complexity index is 594. The predicted octanol–water partition coefficient (Wildman–Crippen LogP) is 4.23. The highest BCUT2D eigenvalue weighted by molar-refractivity contribution is 6.38. The minimum Gasteiger partial charge on any atom is -0.497 e. The molecule has 0 saturated carbocycles. The van der Waals surface area contributed by atoms with Gasteiger partial charge in [0.15, 0.2) is 5.78 Å². The number of hydrogen-bond donors (Lipinski definition) is 0. The second-order valence-corrected chi connectivity index (χ2v) is 4.47. The van der Waals surface area contributed by atoms with Crippen LogP contribution in [0.15, 0.2) is 42.5 Å². The van der Waals surface area contributed by atoms with Crippen LogP contribution in [0.4, 0.5) is 0 Å². The molecule has 2 aromatic carbocycles. The summed E-state index contributed by atoms with van der Waals surface area (Å²) in [6.45, 7) is 0. The molecule has 0 atom stereocenters. The lowest BCUT2D eigenvalue weighted by Crippen LogP contribution is -2.03. The minimum absolute atomic E-state index is 0.201. The summed E-state index contributed by atoms with van der Waals surface area (Å²) in [5, 5.41) is 0.758. The Morgan fingerprint density at radius 1 is 1.00 bits per heavy atom. The van der Waals surface area contributed by atoms with Crippen molar-refractivity contribution in [2.75, 3.05) is 7.11 Å². The van der Waals surface area contributed by atoms with Crippen molar-refractivity contribution in [2.45, 2.75) is 0 Å². The van der Waals surface area contributed by atoms with Gasteiger partial charge in [0.1, 0.15) is 5.75 Å². The maximum atomic E-state index is 12.3. The van der Waals surface area contributed by atoms with Gasteiger partial charge in [0.2, 0.25) is 0 Å². The van der Waals surface area contributed by atoms with Gasteiger partial charge in [0, 0.05) is 11.1 Å². The lowest BCUT2D eigenvalue weighted by Gasteiger charge is -2.07. The number of carbonyl (C=O) groups is 1. The van der Waals surface area contributed by atoms with E-state index < -0.39 is 0 Å². The van der Waals surface area contributed by atoms with Crippen molar-refractivity contribution in [1.82, 2.24) is 0 Å². The van der Waals surface area contributed by atoms with Gasteiger partial charge in [-0.1, -0.05) is 35.3 Å². The quantitative estimate of drug-likeness (QED) is 0.787. The van der Waals surface area contributed by atoms with Crippen molar-refractivity contribution in [1.29, 1.82) is 0 Å². The van der Waals surface area contributed by atoms with E-state index in [9.17, 15) is 4.79 Å². The van der Waals surface area contributed by atoms with E-state index in [0.29, 0.717) is 26.9 Å². The number of carbonyl (C=O) groups excluding carboxylic acids is 1. The molecule has 0 fully saturated rings. The van der Waals surface area contributed by atoms with Gasteiger partial charge < -0.3 is 4.74 Å². The van der Waals surface area contributed by atoms with Crippen LogP contribution >= 0.6 is 23.2 Å². The molecule has 18 heavy (non-hydrogen) atoms. The molecule has 0 aromatic heterocycles. The SMILES string of the molecule is COc1ccc(C(=O)c2ccccc2Cl)c(Cl)c1. The fourth-order valence-electron chi connectivity index (χ4n) is 1.60. The summed E-state index contributed by atoms with van der Waals surface area (Å²) < 4.78 is 5.04. The molecule has 0 bridgehead atoms. The molecule has 2 nitrogen and oxygen atoms in total. The molecule has 0 heterocycles. The topological polar surface area (TPSA) is 26.3 Å². The lowest BCUT2D eigenvalue weighted by atomic mass is 10.0. The molecule has 0 saturated heterocycles. The molecule has 2 rings (SSSR count). The van der Waals surface area contributed by atoms with Gasteiger partial charge in [0.25, 0.3) is 0 Å². The summed E-state index contributed by atoms with van der Waals surface area (Å²) in [6.07, 6.45) is 0. The molecule has 0 aliphatic rings. The van der Waals surface area contributed by atoms with E-state index in [1.165, 1.54) is 0 Å². The Kier molecular flexibility index (Phi) is 3.90. The average Bonchev–Trinajstić information content (AvgIpc) is 2.38. The van der Waals surface area contributed by atoms with E-state index in [0.717, 1.165) is 0 Å². The predicted molar refractivity (Wildman–Crippen MR) is 72.9 cm³/mol. The van der Waals surface area contributed by atoms with Crippen molar-refractivity contribution in [3.8, 4) is 5.75 Å². The molecule has 0 spiro atoms. The second-order valence-electron chi connectivity index (χ2n) is 3.65. The van der Waals surface area contributed by atoms with E-state index in [1.54, 1.807) is 49.6 Å². The third kappa shape index (κ3) is 2.50. The van der Waals surface area contributed by atoms with Gasteiger partial charge >= 0.3 is 0 Å². The number of methoxy groups -OCH3 is 1. The van der Waals surface area contributed by atoms with Gasteiger partial charge in [-0.15, -0.1) is 0 Å². The van der Waals surface area contributed by atoms with Gasteiger partial charge in [-0.2, -0.15) is 0 Å². The van der Waals surface area contributed by atoms with Gasteiger partial charge in [-0.25, -0.2) is 0 Å². The number of halogens is 2. The molecule has 92 valence electrons.